The number of amides is 2. The molecule has 2 aliphatic rings. The van der Waals surface area contributed by atoms with Crippen molar-refractivity contribution in [1.82, 2.24) is 20.0 Å². The van der Waals surface area contributed by atoms with E-state index in [0.717, 1.165) is 11.4 Å². The third-order valence-corrected chi connectivity index (χ3v) is 4.96. The molecule has 0 unspecified atom stereocenters. The second-order valence-corrected chi connectivity index (χ2v) is 6.90. The lowest BCUT2D eigenvalue weighted by Crippen LogP contribution is -2.38. The molecule has 0 bridgehead atoms. The number of nitrogens with one attached hydrogen (secondary N) is 1. The largest absolute Gasteiger partial charge is 0.354 e. The van der Waals surface area contributed by atoms with E-state index in [2.05, 4.69) is 26.6 Å². The smallest absolute Gasteiger partial charge is 0.258 e. The average Bonchev–Trinajstić information content (AvgIpc) is 3.25. The monoisotopic (exact) mass is 376 g/mol. The van der Waals surface area contributed by atoms with Gasteiger partial charge in [-0.05, 0) is 12.1 Å². The van der Waals surface area contributed by atoms with Crippen LogP contribution in [-0.4, -0.2) is 45.2 Å². The average molecular weight is 376 g/mol. The molecule has 0 fully saturated rings. The van der Waals surface area contributed by atoms with E-state index < -0.39 is 5.66 Å². The van der Waals surface area contributed by atoms with Crippen LogP contribution in [0.1, 0.15) is 35.3 Å². The van der Waals surface area contributed by atoms with Crippen LogP contribution in [0.2, 0.25) is 0 Å². The highest BCUT2D eigenvalue weighted by molar-refractivity contribution is 5.99. The Kier molecular flexibility index (Phi) is 4.65. The normalized spacial score (nSPS) is 16.0. The van der Waals surface area contributed by atoms with E-state index in [9.17, 15) is 9.59 Å². The first kappa shape index (κ1) is 17.9. The number of rotatable bonds is 8. The van der Waals surface area contributed by atoms with Crippen molar-refractivity contribution in [3.8, 4) is 18.0 Å². The first-order valence-electron chi connectivity index (χ1n) is 9.18. The summed E-state index contributed by atoms with van der Waals surface area (Å²) in [6, 6.07) is 9.61. The summed E-state index contributed by atoms with van der Waals surface area (Å²) in [5.41, 5.74) is 1.81. The van der Waals surface area contributed by atoms with Crippen LogP contribution in [0.25, 0.3) is 5.69 Å². The van der Waals surface area contributed by atoms with Crippen LogP contribution < -0.4 is 5.32 Å². The van der Waals surface area contributed by atoms with Gasteiger partial charge in [-0.25, -0.2) is 4.68 Å². The van der Waals surface area contributed by atoms with Crippen molar-refractivity contribution in [3.63, 3.8) is 0 Å². The van der Waals surface area contributed by atoms with Crippen LogP contribution in [0.5, 0.6) is 0 Å². The Morgan fingerprint density at radius 1 is 1.25 bits per heavy atom. The predicted molar refractivity (Wildman–Crippen MR) is 102 cm³/mol. The van der Waals surface area contributed by atoms with Gasteiger partial charge < -0.3 is 10.2 Å². The van der Waals surface area contributed by atoms with Gasteiger partial charge in [-0.2, -0.15) is 15.3 Å². The Bertz CT molecular complexity index is 966. The van der Waals surface area contributed by atoms with Crippen LogP contribution in [0, 0.1) is 12.3 Å². The lowest BCUT2D eigenvalue weighted by molar-refractivity contribution is -0.121. The van der Waals surface area contributed by atoms with E-state index >= 15 is 0 Å². The predicted octanol–water partition coefficient (Wildman–Crippen LogP) is 1.91. The maximum absolute atomic E-state index is 12.6. The lowest BCUT2D eigenvalue weighted by Gasteiger charge is -2.16. The van der Waals surface area contributed by atoms with E-state index in [1.165, 1.54) is 4.90 Å². The third kappa shape index (κ3) is 3.51. The molecule has 0 spiro atoms. The zero-order valence-corrected chi connectivity index (χ0v) is 15.3. The van der Waals surface area contributed by atoms with Crippen LogP contribution in [0.4, 0.5) is 0 Å². The molecule has 1 aromatic heterocycles. The molecule has 2 amide bonds. The second kappa shape index (κ2) is 7.27. The third-order valence-electron chi connectivity index (χ3n) is 4.96. The van der Waals surface area contributed by atoms with Crippen molar-refractivity contribution in [2.75, 3.05) is 13.1 Å². The topological polar surface area (TPSA) is 92.0 Å². The van der Waals surface area contributed by atoms with Gasteiger partial charge in [0.05, 0.1) is 29.7 Å². The number of carbonyl (C=O) groups is 2. The van der Waals surface area contributed by atoms with E-state index in [1.54, 1.807) is 10.9 Å². The molecule has 0 aliphatic carbocycles. The van der Waals surface area contributed by atoms with E-state index in [1.807, 2.05) is 30.3 Å². The van der Waals surface area contributed by atoms with Crippen molar-refractivity contribution in [1.29, 1.82) is 0 Å². The highest BCUT2D eigenvalue weighted by Crippen LogP contribution is 2.36. The summed E-state index contributed by atoms with van der Waals surface area (Å²) < 4.78 is 1.75. The Labute approximate surface area is 162 Å². The fourth-order valence-corrected chi connectivity index (χ4v) is 3.35. The maximum atomic E-state index is 12.6. The molecule has 0 saturated carbocycles. The molecule has 2 aromatic rings. The van der Waals surface area contributed by atoms with Gasteiger partial charge >= 0.3 is 0 Å². The van der Waals surface area contributed by atoms with Crippen molar-refractivity contribution in [3.05, 3.63) is 47.8 Å². The molecule has 1 aromatic carbocycles. The van der Waals surface area contributed by atoms with Gasteiger partial charge in [-0.15, -0.1) is 12.3 Å². The first-order chi connectivity index (χ1) is 13.6. The molecule has 0 radical (unpaired) electrons. The SMILES string of the molecule is C#CCCC1(CCNC(=O)CN2Cc3c(cnn3-c3ccccc3)C2=O)N=N1. The van der Waals surface area contributed by atoms with E-state index in [-0.39, 0.29) is 18.4 Å². The van der Waals surface area contributed by atoms with Crippen LogP contribution >= 0.6 is 0 Å². The fraction of sp³-hybridized carbons (Fsp3) is 0.350. The first-order valence-corrected chi connectivity index (χ1v) is 9.18. The number of benzene rings is 1. The van der Waals surface area contributed by atoms with Gasteiger partial charge in [-0.3, -0.25) is 9.59 Å². The van der Waals surface area contributed by atoms with Crippen molar-refractivity contribution in [2.24, 2.45) is 10.2 Å². The molecule has 4 rings (SSSR count). The summed E-state index contributed by atoms with van der Waals surface area (Å²) in [4.78, 5) is 26.4. The molecule has 8 nitrogen and oxygen atoms in total. The summed E-state index contributed by atoms with van der Waals surface area (Å²) in [7, 11) is 0. The lowest BCUT2D eigenvalue weighted by atomic mass is 10.0. The van der Waals surface area contributed by atoms with E-state index in [4.69, 9.17) is 6.42 Å². The zero-order valence-electron chi connectivity index (χ0n) is 15.3. The van der Waals surface area contributed by atoms with Gasteiger partial charge in [0, 0.05) is 25.8 Å². The van der Waals surface area contributed by atoms with E-state index in [0.29, 0.717) is 37.9 Å². The second-order valence-electron chi connectivity index (χ2n) is 6.90. The number of nitrogens with zero attached hydrogens (tertiary/aromatic N) is 5. The van der Waals surface area contributed by atoms with Crippen molar-refractivity contribution in [2.45, 2.75) is 31.5 Å². The minimum Gasteiger partial charge on any atom is -0.354 e. The fourth-order valence-electron chi connectivity index (χ4n) is 3.35. The summed E-state index contributed by atoms with van der Waals surface area (Å²) in [5.74, 6) is 2.20. The Morgan fingerprint density at radius 2 is 2.04 bits per heavy atom. The Hall–Kier alpha value is -3.47. The van der Waals surface area contributed by atoms with Gasteiger partial charge in [0.25, 0.3) is 5.91 Å². The van der Waals surface area contributed by atoms with Crippen LogP contribution in [-0.2, 0) is 11.3 Å². The summed E-state index contributed by atoms with van der Waals surface area (Å²) in [5, 5.41) is 15.2. The highest BCUT2D eigenvalue weighted by Gasteiger charge is 2.39. The summed E-state index contributed by atoms with van der Waals surface area (Å²) in [6.07, 6.45) is 8.77. The molecule has 8 heteroatoms. The van der Waals surface area contributed by atoms with Crippen LogP contribution in [0.15, 0.2) is 46.8 Å². The quantitative estimate of drug-likeness (QED) is 0.714. The summed E-state index contributed by atoms with van der Waals surface area (Å²) >= 11 is 0. The van der Waals surface area contributed by atoms with Crippen molar-refractivity contribution < 1.29 is 9.59 Å². The number of hydrogen-bond acceptors (Lipinski definition) is 5. The molecule has 3 heterocycles. The number of terminal acetylenes is 1. The Morgan fingerprint density at radius 3 is 2.75 bits per heavy atom. The Balaban J connectivity index is 1.31. The number of fused-ring (bicyclic) bond motifs is 1. The molecule has 142 valence electrons. The molecular formula is C20H20N6O2. The minimum atomic E-state index is -0.418. The maximum Gasteiger partial charge on any atom is 0.258 e. The molecule has 0 atom stereocenters. The molecule has 1 N–H and O–H groups in total. The molecule has 2 aliphatic heterocycles. The van der Waals surface area contributed by atoms with Gasteiger partial charge in [0.15, 0.2) is 5.66 Å². The number of carbonyl (C=O) groups excluding carboxylic acids is 2. The summed E-state index contributed by atoms with van der Waals surface area (Å²) in [6.45, 7) is 0.810. The van der Waals surface area contributed by atoms with Gasteiger partial charge in [0.2, 0.25) is 5.91 Å². The van der Waals surface area contributed by atoms with Gasteiger partial charge in [0.1, 0.15) is 6.54 Å². The van der Waals surface area contributed by atoms with Crippen molar-refractivity contribution >= 4 is 11.8 Å². The highest BCUT2D eigenvalue weighted by atomic mass is 16.2. The number of para-hydroxylation sites is 1. The zero-order chi connectivity index (χ0) is 19.6. The molecular weight excluding hydrogens is 356 g/mol. The number of aromatic nitrogens is 2. The minimum absolute atomic E-state index is 0.00788. The molecule has 0 saturated heterocycles. The standard InChI is InChI=1S/C20H20N6O2/c1-2-3-9-20(23-24-20)10-11-21-18(27)14-25-13-17-16(19(25)28)12-22-26(17)15-7-5-4-6-8-15/h1,4-8,12H,3,9-11,13-14H2,(H,21,27). The van der Waals surface area contributed by atoms with Crippen LogP contribution in [0.3, 0.4) is 0 Å². The number of hydrogen-bond donors (Lipinski definition) is 1. The molecule has 28 heavy (non-hydrogen) atoms. The van der Waals surface area contributed by atoms with Gasteiger partial charge in [-0.1, -0.05) is 18.2 Å².